The Hall–Kier alpha value is -1.96. The zero-order chi connectivity index (χ0) is 12.4. The molecular weight excluding hydrogens is 206 g/mol. The second-order valence-corrected chi connectivity index (χ2v) is 2.85. The molecule has 0 aromatic heterocycles. The molecule has 0 N–H and O–H groups in total. The van der Waals surface area contributed by atoms with Crippen molar-refractivity contribution >= 4 is 0 Å². The maximum Gasteiger partial charge on any atom is 0.123 e. The lowest BCUT2D eigenvalue weighted by atomic mass is 10.3. The van der Waals surface area contributed by atoms with Crippen molar-refractivity contribution < 1.29 is 8.78 Å². The highest BCUT2D eigenvalue weighted by atomic mass is 19.1. The Morgan fingerprint density at radius 3 is 1.94 bits per heavy atom. The highest BCUT2D eigenvalue weighted by molar-refractivity contribution is 5.28. The van der Waals surface area contributed by atoms with Gasteiger partial charge in [-0.05, 0) is 23.8 Å². The SMILES string of the molecule is C=CC(=C)/C=C\C(=C)F.Fc1ccccc1. The van der Waals surface area contributed by atoms with Crippen molar-refractivity contribution in [3.8, 4) is 0 Å². The number of halogens is 2. The maximum absolute atomic E-state index is 11.9. The molecule has 0 saturated heterocycles. The summed E-state index contributed by atoms with van der Waals surface area (Å²) in [6.07, 6.45) is 4.29. The van der Waals surface area contributed by atoms with Gasteiger partial charge in [-0.1, -0.05) is 50.1 Å². The monoisotopic (exact) mass is 220 g/mol. The maximum atomic E-state index is 11.9. The van der Waals surface area contributed by atoms with E-state index in [1.807, 2.05) is 0 Å². The van der Waals surface area contributed by atoms with E-state index in [0.29, 0.717) is 5.57 Å². The molecule has 0 aliphatic rings. The van der Waals surface area contributed by atoms with Gasteiger partial charge in [0.05, 0.1) is 0 Å². The normalized spacial score (nSPS) is 9.12. The Bertz CT molecular complexity index is 375. The van der Waals surface area contributed by atoms with Crippen LogP contribution in [0.5, 0.6) is 0 Å². The van der Waals surface area contributed by atoms with Crippen LogP contribution in [0.25, 0.3) is 0 Å². The summed E-state index contributed by atoms with van der Waals surface area (Å²) in [6.45, 7) is 10.0. The van der Waals surface area contributed by atoms with Crippen molar-refractivity contribution in [2.75, 3.05) is 0 Å². The van der Waals surface area contributed by atoms with Crippen molar-refractivity contribution in [1.82, 2.24) is 0 Å². The minimum Gasteiger partial charge on any atom is -0.208 e. The third-order valence-electron chi connectivity index (χ3n) is 1.47. The first-order valence-electron chi connectivity index (χ1n) is 4.60. The molecule has 1 rings (SSSR count). The van der Waals surface area contributed by atoms with E-state index >= 15 is 0 Å². The summed E-state index contributed by atoms with van der Waals surface area (Å²) in [4.78, 5) is 0. The zero-order valence-electron chi connectivity index (χ0n) is 9.00. The lowest BCUT2D eigenvalue weighted by Gasteiger charge is -1.83. The van der Waals surface area contributed by atoms with Crippen LogP contribution in [0.4, 0.5) is 8.78 Å². The van der Waals surface area contributed by atoms with Gasteiger partial charge in [-0.2, -0.15) is 0 Å². The molecule has 0 amide bonds. The molecule has 0 spiro atoms. The number of hydrogen-bond acceptors (Lipinski definition) is 0. The second-order valence-electron chi connectivity index (χ2n) is 2.85. The van der Waals surface area contributed by atoms with Crippen molar-refractivity contribution in [3.63, 3.8) is 0 Å². The Morgan fingerprint density at radius 1 is 1.06 bits per heavy atom. The second kappa shape index (κ2) is 8.36. The van der Waals surface area contributed by atoms with Gasteiger partial charge in [0.1, 0.15) is 11.6 Å². The van der Waals surface area contributed by atoms with Crippen molar-refractivity contribution in [3.05, 3.63) is 85.5 Å². The van der Waals surface area contributed by atoms with E-state index in [0.717, 1.165) is 0 Å². The molecule has 0 heterocycles. The molecule has 0 unspecified atom stereocenters. The minimum atomic E-state index is -0.474. The third kappa shape index (κ3) is 8.63. The van der Waals surface area contributed by atoms with E-state index in [2.05, 4.69) is 19.7 Å². The minimum absolute atomic E-state index is 0.178. The van der Waals surface area contributed by atoms with Crippen LogP contribution in [-0.2, 0) is 0 Å². The molecule has 0 aliphatic carbocycles. The summed E-state index contributed by atoms with van der Waals surface area (Å²) in [5, 5.41) is 0. The zero-order valence-corrected chi connectivity index (χ0v) is 9.00. The molecule has 0 fully saturated rings. The molecule has 0 bridgehead atoms. The Kier molecular flexibility index (Phi) is 7.33. The lowest BCUT2D eigenvalue weighted by molar-refractivity contribution is 0.628. The summed E-state index contributed by atoms with van der Waals surface area (Å²) in [6, 6.07) is 7.94. The molecular formula is C14H14F2. The standard InChI is InChI=1S/C8H9F.C6H5F/c1-4-7(2)5-6-8(3)9;7-6-4-2-1-3-5-6/h4-6H,1-3H2;1-5H/b6-5-;. The molecule has 0 atom stereocenters. The van der Waals surface area contributed by atoms with E-state index in [1.165, 1.54) is 24.3 Å². The average molecular weight is 220 g/mol. The fourth-order valence-corrected chi connectivity index (χ4v) is 0.680. The quantitative estimate of drug-likeness (QED) is 0.653. The molecule has 1 aromatic rings. The predicted octanol–water partition coefficient (Wildman–Crippen LogP) is 4.59. The van der Waals surface area contributed by atoms with Gasteiger partial charge in [0.2, 0.25) is 0 Å². The first kappa shape index (κ1) is 14.0. The topological polar surface area (TPSA) is 0 Å². The van der Waals surface area contributed by atoms with Gasteiger partial charge >= 0.3 is 0 Å². The van der Waals surface area contributed by atoms with Crippen molar-refractivity contribution in [1.29, 1.82) is 0 Å². The van der Waals surface area contributed by atoms with Crippen LogP contribution in [-0.4, -0.2) is 0 Å². The summed E-state index contributed by atoms with van der Waals surface area (Å²) in [5.74, 6) is -0.652. The smallest absolute Gasteiger partial charge is 0.123 e. The first-order valence-corrected chi connectivity index (χ1v) is 4.60. The van der Waals surface area contributed by atoms with Crippen molar-refractivity contribution in [2.45, 2.75) is 0 Å². The summed E-state index contributed by atoms with van der Waals surface area (Å²) < 4.78 is 23.7. The summed E-state index contributed by atoms with van der Waals surface area (Å²) >= 11 is 0. The predicted molar refractivity (Wildman–Crippen MR) is 65.1 cm³/mol. The highest BCUT2D eigenvalue weighted by Crippen LogP contribution is 1.98. The van der Waals surface area contributed by atoms with Crippen LogP contribution < -0.4 is 0 Å². The van der Waals surface area contributed by atoms with Crippen LogP contribution in [0, 0.1) is 5.82 Å². The van der Waals surface area contributed by atoms with E-state index in [-0.39, 0.29) is 5.82 Å². The molecule has 16 heavy (non-hydrogen) atoms. The first-order chi connectivity index (χ1) is 7.56. The molecule has 0 aliphatic heterocycles. The average Bonchev–Trinajstić information content (AvgIpc) is 2.27. The van der Waals surface area contributed by atoms with Crippen LogP contribution >= 0.6 is 0 Å². The molecule has 1 aromatic carbocycles. The van der Waals surface area contributed by atoms with Gasteiger partial charge in [0.15, 0.2) is 0 Å². The summed E-state index contributed by atoms with van der Waals surface area (Å²) in [5.41, 5.74) is 0.675. The Labute approximate surface area is 94.9 Å². The van der Waals surface area contributed by atoms with Gasteiger partial charge in [-0.15, -0.1) is 0 Å². The van der Waals surface area contributed by atoms with Crippen LogP contribution in [0.1, 0.15) is 0 Å². The van der Waals surface area contributed by atoms with E-state index < -0.39 is 5.83 Å². The van der Waals surface area contributed by atoms with Gasteiger partial charge in [0, 0.05) is 0 Å². The number of allylic oxidation sites excluding steroid dienone is 5. The van der Waals surface area contributed by atoms with Crippen LogP contribution in [0.2, 0.25) is 0 Å². The van der Waals surface area contributed by atoms with E-state index in [9.17, 15) is 8.78 Å². The third-order valence-corrected chi connectivity index (χ3v) is 1.47. The van der Waals surface area contributed by atoms with Gasteiger partial charge in [-0.3, -0.25) is 0 Å². The van der Waals surface area contributed by atoms with Gasteiger partial charge < -0.3 is 0 Å². The van der Waals surface area contributed by atoms with Crippen LogP contribution in [0.15, 0.2) is 79.7 Å². The highest BCUT2D eigenvalue weighted by Gasteiger charge is 1.79. The fourth-order valence-electron chi connectivity index (χ4n) is 0.680. The molecule has 0 nitrogen and oxygen atoms in total. The Morgan fingerprint density at radius 2 is 1.62 bits per heavy atom. The largest absolute Gasteiger partial charge is 0.208 e. The van der Waals surface area contributed by atoms with E-state index in [4.69, 9.17) is 0 Å². The van der Waals surface area contributed by atoms with Crippen LogP contribution in [0.3, 0.4) is 0 Å². The summed E-state index contributed by atoms with van der Waals surface area (Å²) in [7, 11) is 0. The lowest BCUT2D eigenvalue weighted by Crippen LogP contribution is -1.63. The van der Waals surface area contributed by atoms with Gasteiger partial charge in [0.25, 0.3) is 0 Å². The molecule has 0 saturated carbocycles. The number of rotatable bonds is 3. The number of benzene rings is 1. The number of hydrogen-bond donors (Lipinski definition) is 0. The van der Waals surface area contributed by atoms with E-state index in [1.54, 1.807) is 24.3 Å². The van der Waals surface area contributed by atoms with Crippen molar-refractivity contribution in [2.24, 2.45) is 0 Å². The van der Waals surface area contributed by atoms with Gasteiger partial charge in [-0.25, -0.2) is 8.78 Å². The molecule has 0 radical (unpaired) electrons. The fraction of sp³-hybridized carbons (Fsp3) is 0. The Balaban J connectivity index is 0.000000288. The molecule has 2 heteroatoms. The molecule has 84 valence electrons.